The molecule has 1 saturated heterocycles. The Morgan fingerprint density at radius 2 is 1.91 bits per heavy atom. The van der Waals surface area contributed by atoms with Crippen LogP contribution in [0.5, 0.6) is 0 Å². The van der Waals surface area contributed by atoms with E-state index >= 15 is 0 Å². The van der Waals surface area contributed by atoms with Gasteiger partial charge in [0.05, 0.1) is 10.7 Å². The van der Waals surface area contributed by atoms with Crippen LogP contribution >= 0.6 is 11.6 Å². The molecule has 4 heteroatoms. The van der Waals surface area contributed by atoms with Crippen molar-refractivity contribution in [3.8, 4) is 0 Å². The molecule has 3 rings (SSSR count). The molecule has 1 aliphatic heterocycles. The Balaban J connectivity index is 1.78. The molecule has 0 radical (unpaired) electrons. The molecule has 0 saturated carbocycles. The first-order valence-corrected chi connectivity index (χ1v) is 7.86. The Morgan fingerprint density at radius 1 is 1.14 bits per heavy atom. The highest BCUT2D eigenvalue weighted by Crippen LogP contribution is 2.25. The molecule has 0 spiro atoms. The van der Waals surface area contributed by atoms with Gasteiger partial charge in [0.1, 0.15) is 5.82 Å². The van der Waals surface area contributed by atoms with Crippen LogP contribution in [0.4, 0.5) is 15.8 Å². The molecule has 0 unspecified atom stereocenters. The Labute approximate surface area is 135 Å². The SMILES string of the molecule is Cc1cc(C=Nc2ccc(F)c(Cl)c2)ccc1N1CCCC1. The third-order valence-corrected chi connectivity index (χ3v) is 4.22. The van der Waals surface area contributed by atoms with Crippen molar-refractivity contribution < 1.29 is 4.39 Å². The lowest BCUT2D eigenvalue weighted by atomic mass is 10.1. The predicted octanol–water partition coefficient (Wildman–Crippen LogP) is 5.14. The minimum absolute atomic E-state index is 0.0928. The van der Waals surface area contributed by atoms with Crippen LogP contribution in [0.25, 0.3) is 0 Å². The number of anilines is 1. The molecule has 22 heavy (non-hydrogen) atoms. The molecule has 2 aromatic carbocycles. The third kappa shape index (κ3) is 3.30. The molecule has 114 valence electrons. The van der Waals surface area contributed by atoms with E-state index in [0.29, 0.717) is 5.69 Å². The fourth-order valence-electron chi connectivity index (χ4n) is 2.79. The van der Waals surface area contributed by atoms with Gasteiger partial charge in [0.25, 0.3) is 0 Å². The Bertz CT molecular complexity index is 706. The number of hydrogen-bond acceptors (Lipinski definition) is 2. The fourth-order valence-corrected chi connectivity index (χ4v) is 2.96. The molecule has 2 nitrogen and oxygen atoms in total. The van der Waals surface area contributed by atoms with E-state index in [4.69, 9.17) is 11.6 Å². The molecule has 0 N–H and O–H groups in total. The summed E-state index contributed by atoms with van der Waals surface area (Å²) in [6.45, 7) is 4.41. The summed E-state index contributed by atoms with van der Waals surface area (Å²) in [6.07, 6.45) is 4.33. The van der Waals surface area contributed by atoms with Crippen molar-refractivity contribution in [2.24, 2.45) is 4.99 Å². The Morgan fingerprint density at radius 3 is 2.59 bits per heavy atom. The van der Waals surface area contributed by atoms with E-state index in [1.165, 1.54) is 36.2 Å². The minimum atomic E-state index is -0.425. The zero-order valence-corrected chi connectivity index (χ0v) is 13.3. The van der Waals surface area contributed by atoms with E-state index in [2.05, 4.69) is 35.0 Å². The van der Waals surface area contributed by atoms with Crippen LogP contribution in [0, 0.1) is 12.7 Å². The number of nitrogens with zero attached hydrogens (tertiary/aromatic N) is 2. The summed E-state index contributed by atoms with van der Waals surface area (Å²) in [5.41, 5.74) is 4.23. The van der Waals surface area contributed by atoms with Gasteiger partial charge in [-0.15, -0.1) is 0 Å². The second kappa shape index (κ2) is 6.49. The highest BCUT2D eigenvalue weighted by atomic mass is 35.5. The summed E-state index contributed by atoms with van der Waals surface area (Å²) in [4.78, 5) is 6.78. The van der Waals surface area contributed by atoms with Crippen molar-refractivity contribution in [2.45, 2.75) is 19.8 Å². The summed E-state index contributed by atoms with van der Waals surface area (Å²) in [7, 11) is 0. The monoisotopic (exact) mass is 316 g/mol. The van der Waals surface area contributed by atoms with Crippen LogP contribution in [0.2, 0.25) is 5.02 Å². The van der Waals surface area contributed by atoms with Crippen LogP contribution in [0.3, 0.4) is 0 Å². The van der Waals surface area contributed by atoms with Gasteiger partial charge in [-0.1, -0.05) is 17.7 Å². The van der Waals surface area contributed by atoms with E-state index < -0.39 is 5.82 Å². The van der Waals surface area contributed by atoms with Crippen LogP contribution in [0.15, 0.2) is 41.4 Å². The highest BCUT2D eigenvalue weighted by Gasteiger charge is 2.13. The fraction of sp³-hybridized carbons (Fsp3) is 0.278. The topological polar surface area (TPSA) is 15.6 Å². The Kier molecular flexibility index (Phi) is 4.44. The van der Waals surface area contributed by atoms with Gasteiger partial charge >= 0.3 is 0 Å². The molecule has 2 aromatic rings. The molecular weight excluding hydrogens is 299 g/mol. The zero-order valence-electron chi connectivity index (χ0n) is 12.5. The number of halogens is 2. The largest absolute Gasteiger partial charge is 0.371 e. The molecule has 1 fully saturated rings. The van der Waals surface area contributed by atoms with Crippen LogP contribution in [-0.4, -0.2) is 19.3 Å². The van der Waals surface area contributed by atoms with Gasteiger partial charge in [0.15, 0.2) is 0 Å². The maximum absolute atomic E-state index is 13.1. The maximum Gasteiger partial charge on any atom is 0.141 e. The first kappa shape index (κ1) is 15.0. The average Bonchev–Trinajstić information content (AvgIpc) is 3.02. The molecule has 0 aliphatic carbocycles. The molecule has 0 aromatic heterocycles. The number of aliphatic imine (C=N–C) groups is 1. The van der Waals surface area contributed by atoms with E-state index in [-0.39, 0.29) is 5.02 Å². The smallest absolute Gasteiger partial charge is 0.141 e. The van der Waals surface area contributed by atoms with Crippen molar-refractivity contribution >= 4 is 29.2 Å². The molecule has 0 atom stereocenters. The van der Waals surface area contributed by atoms with Gasteiger partial charge in [-0.2, -0.15) is 0 Å². The van der Waals surface area contributed by atoms with Crippen molar-refractivity contribution in [3.63, 3.8) is 0 Å². The average molecular weight is 317 g/mol. The van der Waals surface area contributed by atoms with E-state index in [0.717, 1.165) is 18.7 Å². The summed E-state index contributed by atoms with van der Waals surface area (Å²) >= 11 is 5.76. The van der Waals surface area contributed by atoms with Crippen LogP contribution in [-0.2, 0) is 0 Å². The lowest BCUT2D eigenvalue weighted by Crippen LogP contribution is -2.18. The van der Waals surface area contributed by atoms with Gasteiger partial charge in [0, 0.05) is 25.0 Å². The standard InChI is InChI=1S/C18H18ClFN2/c1-13-10-14(4-7-18(13)22-8-2-3-9-22)12-21-15-5-6-17(20)16(19)11-15/h4-7,10-12H,2-3,8-9H2,1H3. The quantitative estimate of drug-likeness (QED) is 0.716. The first-order valence-electron chi connectivity index (χ1n) is 7.48. The lowest BCUT2D eigenvalue weighted by molar-refractivity contribution is 0.628. The summed E-state index contributed by atoms with van der Waals surface area (Å²) in [6, 6.07) is 10.8. The van der Waals surface area contributed by atoms with Gasteiger partial charge in [0.2, 0.25) is 0 Å². The molecule has 0 amide bonds. The highest BCUT2D eigenvalue weighted by molar-refractivity contribution is 6.31. The van der Waals surface area contributed by atoms with Crippen molar-refractivity contribution in [1.82, 2.24) is 0 Å². The second-order valence-electron chi connectivity index (χ2n) is 5.60. The van der Waals surface area contributed by atoms with Crippen LogP contribution < -0.4 is 4.90 Å². The van der Waals surface area contributed by atoms with Crippen molar-refractivity contribution in [1.29, 1.82) is 0 Å². The predicted molar refractivity (Wildman–Crippen MR) is 91.3 cm³/mol. The van der Waals surface area contributed by atoms with E-state index in [1.807, 2.05) is 0 Å². The normalized spacial score (nSPS) is 15.0. The second-order valence-corrected chi connectivity index (χ2v) is 6.00. The number of benzene rings is 2. The summed E-state index contributed by atoms with van der Waals surface area (Å²) < 4.78 is 13.1. The van der Waals surface area contributed by atoms with Crippen molar-refractivity contribution in [2.75, 3.05) is 18.0 Å². The van der Waals surface area contributed by atoms with E-state index in [9.17, 15) is 4.39 Å². The maximum atomic E-state index is 13.1. The lowest BCUT2D eigenvalue weighted by Gasteiger charge is -2.20. The molecule has 1 heterocycles. The van der Waals surface area contributed by atoms with Gasteiger partial charge in [-0.3, -0.25) is 4.99 Å². The third-order valence-electron chi connectivity index (χ3n) is 3.93. The van der Waals surface area contributed by atoms with Gasteiger partial charge < -0.3 is 4.90 Å². The minimum Gasteiger partial charge on any atom is -0.371 e. The first-order chi connectivity index (χ1) is 10.6. The van der Waals surface area contributed by atoms with Crippen molar-refractivity contribution in [3.05, 3.63) is 58.4 Å². The molecular formula is C18H18ClFN2. The van der Waals surface area contributed by atoms with Gasteiger partial charge in [-0.25, -0.2) is 4.39 Å². The molecule has 1 aliphatic rings. The van der Waals surface area contributed by atoms with E-state index in [1.54, 1.807) is 12.3 Å². The summed E-state index contributed by atoms with van der Waals surface area (Å²) in [5, 5.41) is 0.0928. The molecule has 0 bridgehead atoms. The number of hydrogen-bond donors (Lipinski definition) is 0. The summed E-state index contributed by atoms with van der Waals surface area (Å²) in [5.74, 6) is -0.425. The number of aryl methyl sites for hydroxylation is 1. The van der Waals surface area contributed by atoms with Crippen LogP contribution in [0.1, 0.15) is 24.0 Å². The van der Waals surface area contributed by atoms with Gasteiger partial charge in [-0.05, 0) is 61.2 Å². The zero-order chi connectivity index (χ0) is 15.5. The number of rotatable bonds is 3. The Hall–Kier alpha value is -1.87.